The van der Waals surface area contributed by atoms with Gasteiger partial charge in [-0.25, -0.2) is 0 Å². The highest BCUT2D eigenvalue weighted by molar-refractivity contribution is 5.92. The molecule has 7 heteroatoms. The molecule has 3 heterocycles. The van der Waals surface area contributed by atoms with Crippen LogP contribution in [0.25, 0.3) is 0 Å². The molecule has 0 radical (unpaired) electrons. The van der Waals surface area contributed by atoms with Crippen LogP contribution in [-0.2, 0) is 9.53 Å². The predicted octanol–water partition coefficient (Wildman–Crippen LogP) is 1.23. The number of carbonyl (C=O) groups excluding carboxylic acids is 2. The molecule has 126 valence electrons. The number of aryl methyl sites for hydroxylation is 1. The van der Waals surface area contributed by atoms with Gasteiger partial charge in [-0.1, -0.05) is 5.16 Å². The van der Waals surface area contributed by atoms with Gasteiger partial charge >= 0.3 is 0 Å². The highest BCUT2D eigenvalue weighted by atomic mass is 16.5. The lowest BCUT2D eigenvalue weighted by atomic mass is 10.0. The van der Waals surface area contributed by atoms with Gasteiger partial charge in [-0.05, 0) is 26.2 Å². The van der Waals surface area contributed by atoms with Crippen LogP contribution in [0.2, 0.25) is 0 Å². The first-order chi connectivity index (χ1) is 11.1. The molecule has 2 aliphatic rings. The second kappa shape index (κ2) is 6.70. The third-order valence-electron chi connectivity index (χ3n) is 4.67. The Bertz CT molecular complexity index is 580. The molecule has 1 unspecified atom stereocenters. The second-order valence-electron chi connectivity index (χ2n) is 6.29. The molecule has 2 aliphatic heterocycles. The lowest BCUT2D eigenvalue weighted by Gasteiger charge is -2.38. The van der Waals surface area contributed by atoms with E-state index in [1.54, 1.807) is 24.8 Å². The fourth-order valence-corrected chi connectivity index (χ4v) is 3.45. The van der Waals surface area contributed by atoms with Gasteiger partial charge in [-0.3, -0.25) is 9.59 Å². The summed E-state index contributed by atoms with van der Waals surface area (Å²) in [6.07, 6.45) is 2.44. The van der Waals surface area contributed by atoms with E-state index >= 15 is 0 Å². The summed E-state index contributed by atoms with van der Waals surface area (Å²) >= 11 is 0. The van der Waals surface area contributed by atoms with Crippen molar-refractivity contribution >= 4 is 11.8 Å². The molecular weight excluding hydrogens is 298 g/mol. The first kappa shape index (κ1) is 16.0. The van der Waals surface area contributed by atoms with E-state index in [0.717, 1.165) is 19.3 Å². The van der Waals surface area contributed by atoms with Gasteiger partial charge < -0.3 is 19.1 Å². The molecule has 3 rings (SSSR count). The first-order valence-electron chi connectivity index (χ1n) is 8.15. The van der Waals surface area contributed by atoms with Crippen LogP contribution in [0, 0.1) is 6.92 Å². The van der Waals surface area contributed by atoms with Crippen molar-refractivity contribution < 1.29 is 18.8 Å². The van der Waals surface area contributed by atoms with E-state index in [9.17, 15) is 9.59 Å². The van der Waals surface area contributed by atoms with E-state index in [1.165, 1.54) is 0 Å². The van der Waals surface area contributed by atoms with E-state index < -0.39 is 0 Å². The van der Waals surface area contributed by atoms with Crippen molar-refractivity contribution in [2.45, 2.75) is 45.2 Å². The van der Waals surface area contributed by atoms with Crippen LogP contribution in [0.15, 0.2) is 10.6 Å². The van der Waals surface area contributed by atoms with Crippen molar-refractivity contribution in [1.82, 2.24) is 15.0 Å². The Labute approximate surface area is 135 Å². The Morgan fingerprint density at radius 2 is 2.00 bits per heavy atom. The number of amides is 2. The van der Waals surface area contributed by atoms with Crippen LogP contribution >= 0.6 is 0 Å². The lowest BCUT2D eigenvalue weighted by molar-refractivity contribution is -0.128. The van der Waals surface area contributed by atoms with Crippen LogP contribution in [0.5, 0.6) is 0 Å². The fourth-order valence-electron chi connectivity index (χ4n) is 3.45. The molecule has 1 aromatic heterocycles. The molecule has 0 spiro atoms. The normalized spacial score (nSPS) is 22.3. The lowest BCUT2D eigenvalue weighted by Crippen LogP contribution is -2.50. The van der Waals surface area contributed by atoms with Crippen LogP contribution in [0.3, 0.4) is 0 Å². The number of hydrogen-bond donors (Lipinski definition) is 0. The van der Waals surface area contributed by atoms with Crippen molar-refractivity contribution in [3.63, 3.8) is 0 Å². The maximum atomic E-state index is 13.0. The van der Waals surface area contributed by atoms with Gasteiger partial charge in [0.05, 0.1) is 6.04 Å². The first-order valence-corrected chi connectivity index (χ1v) is 8.15. The fraction of sp³-hybridized carbons (Fsp3) is 0.688. The van der Waals surface area contributed by atoms with Gasteiger partial charge in [-0.2, -0.15) is 0 Å². The van der Waals surface area contributed by atoms with Gasteiger partial charge in [0.2, 0.25) is 5.91 Å². The Hall–Kier alpha value is -1.89. The van der Waals surface area contributed by atoms with Gasteiger partial charge in [0.25, 0.3) is 5.91 Å². The minimum atomic E-state index is -0.107. The topological polar surface area (TPSA) is 75.9 Å². The number of aromatic nitrogens is 1. The second-order valence-corrected chi connectivity index (χ2v) is 6.29. The van der Waals surface area contributed by atoms with Gasteiger partial charge in [-0.15, -0.1) is 0 Å². The average Bonchev–Trinajstić information content (AvgIpc) is 3.18. The largest absolute Gasteiger partial charge is 0.381 e. The summed E-state index contributed by atoms with van der Waals surface area (Å²) in [6, 6.07) is 1.84. The predicted molar refractivity (Wildman–Crippen MR) is 81.9 cm³/mol. The van der Waals surface area contributed by atoms with E-state index in [0.29, 0.717) is 37.8 Å². The summed E-state index contributed by atoms with van der Waals surface area (Å²) in [7, 11) is 0. The van der Waals surface area contributed by atoms with Crippen LogP contribution in [0.4, 0.5) is 0 Å². The van der Waals surface area contributed by atoms with E-state index in [-0.39, 0.29) is 23.9 Å². The van der Waals surface area contributed by atoms with Gasteiger partial charge in [0, 0.05) is 45.3 Å². The molecule has 23 heavy (non-hydrogen) atoms. The minimum Gasteiger partial charge on any atom is -0.381 e. The van der Waals surface area contributed by atoms with E-state index in [2.05, 4.69) is 5.16 Å². The molecule has 7 nitrogen and oxygen atoms in total. The molecule has 1 atom stereocenters. The summed E-state index contributed by atoms with van der Waals surface area (Å²) in [4.78, 5) is 28.3. The molecule has 0 N–H and O–H groups in total. The zero-order chi connectivity index (χ0) is 16.4. The zero-order valence-electron chi connectivity index (χ0n) is 13.7. The molecule has 2 fully saturated rings. The number of nitrogens with zero attached hydrogens (tertiary/aromatic N) is 3. The summed E-state index contributed by atoms with van der Waals surface area (Å²) in [6.45, 7) is 5.96. The SMILES string of the molecule is CC(=O)N1CCC(N(C(=O)c2cc(C)on2)C2CCOCC2)C1. The Kier molecular flexibility index (Phi) is 4.66. The van der Waals surface area contributed by atoms with Crippen molar-refractivity contribution in [3.8, 4) is 0 Å². The summed E-state index contributed by atoms with van der Waals surface area (Å²) in [5, 5.41) is 3.88. The van der Waals surface area contributed by atoms with Crippen LogP contribution in [0.1, 0.15) is 42.4 Å². The molecule has 2 saturated heterocycles. The Morgan fingerprint density at radius 1 is 1.26 bits per heavy atom. The third kappa shape index (κ3) is 3.39. The Balaban J connectivity index is 1.81. The summed E-state index contributed by atoms with van der Waals surface area (Å²) in [5.74, 6) is 0.574. The number of likely N-dealkylation sites (tertiary alicyclic amines) is 1. The van der Waals surface area contributed by atoms with Crippen LogP contribution in [-0.4, -0.2) is 65.2 Å². The smallest absolute Gasteiger partial charge is 0.276 e. The number of rotatable bonds is 3. The van der Waals surface area contributed by atoms with Gasteiger partial charge in [0.1, 0.15) is 5.76 Å². The van der Waals surface area contributed by atoms with Crippen molar-refractivity contribution in [2.24, 2.45) is 0 Å². The van der Waals surface area contributed by atoms with Crippen molar-refractivity contribution in [2.75, 3.05) is 26.3 Å². The number of carbonyl (C=O) groups is 2. The maximum Gasteiger partial charge on any atom is 0.276 e. The van der Waals surface area contributed by atoms with E-state index in [4.69, 9.17) is 9.26 Å². The molecular formula is C16H23N3O4. The van der Waals surface area contributed by atoms with E-state index in [1.807, 2.05) is 4.90 Å². The molecule has 0 aromatic carbocycles. The third-order valence-corrected chi connectivity index (χ3v) is 4.67. The zero-order valence-corrected chi connectivity index (χ0v) is 13.7. The molecule has 0 aliphatic carbocycles. The Morgan fingerprint density at radius 3 is 2.57 bits per heavy atom. The highest BCUT2D eigenvalue weighted by Crippen LogP contribution is 2.25. The number of ether oxygens (including phenoxy) is 1. The quantitative estimate of drug-likeness (QED) is 0.837. The molecule has 1 aromatic rings. The highest BCUT2D eigenvalue weighted by Gasteiger charge is 2.37. The molecule has 2 amide bonds. The number of hydrogen-bond acceptors (Lipinski definition) is 5. The molecule has 0 bridgehead atoms. The average molecular weight is 321 g/mol. The maximum absolute atomic E-state index is 13.0. The van der Waals surface area contributed by atoms with Gasteiger partial charge in [0.15, 0.2) is 5.69 Å². The standard InChI is InChI=1S/C16H23N3O4/c1-11-9-15(17-23-11)16(21)19(13-4-7-22-8-5-13)14-3-6-18(10-14)12(2)20/h9,13-14H,3-8,10H2,1-2H3. The minimum absolute atomic E-state index is 0.0338. The molecule has 0 saturated carbocycles. The summed E-state index contributed by atoms with van der Waals surface area (Å²) < 4.78 is 10.5. The summed E-state index contributed by atoms with van der Waals surface area (Å²) in [5.41, 5.74) is 0.343. The van der Waals surface area contributed by atoms with Crippen LogP contribution < -0.4 is 0 Å². The van der Waals surface area contributed by atoms with Crippen molar-refractivity contribution in [1.29, 1.82) is 0 Å². The monoisotopic (exact) mass is 321 g/mol. The van der Waals surface area contributed by atoms with Crippen molar-refractivity contribution in [3.05, 3.63) is 17.5 Å².